The lowest BCUT2D eigenvalue weighted by atomic mass is 10.3. The third kappa shape index (κ3) is 4.49. The lowest BCUT2D eigenvalue weighted by Crippen LogP contribution is -2.30. The molecule has 0 spiro atoms. The van der Waals surface area contributed by atoms with E-state index in [1.165, 1.54) is 0 Å². The van der Waals surface area contributed by atoms with E-state index in [1.54, 1.807) is 0 Å². The first-order valence-electron chi connectivity index (χ1n) is 6.33. The highest BCUT2D eigenvalue weighted by Crippen LogP contribution is 1.97. The molecule has 1 aromatic heterocycles. The smallest absolute Gasteiger partial charge is 0.348 e. The molecule has 0 radical (unpaired) electrons. The van der Waals surface area contributed by atoms with Gasteiger partial charge >= 0.3 is 5.97 Å². The lowest BCUT2D eigenvalue weighted by Gasteiger charge is -2.10. The van der Waals surface area contributed by atoms with Gasteiger partial charge in [0.15, 0.2) is 6.54 Å². The van der Waals surface area contributed by atoms with Crippen LogP contribution in [0.1, 0.15) is 26.1 Å². The van der Waals surface area contributed by atoms with E-state index in [0.717, 1.165) is 12.2 Å². The maximum atomic E-state index is 11.6. The molecule has 5 nitrogen and oxygen atoms in total. The monoisotopic (exact) mass is 255 g/mol. The fraction of sp³-hybridized carbons (Fsp3) is 0.692. The largest absolute Gasteiger partial charge is 0.460 e. The number of carbonyl (C=O) groups is 1. The molecule has 0 bridgehead atoms. The summed E-state index contributed by atoms with van der Waals surface area (Å²) < 4.78 is 14.4. The molecule has 0 saturated carbocycles. The van der Waals surface area contributed by atoms with Crippen LogP contribution < -0.4 is 4.57 Å². The van der Waals surface area contributed by atoms with E-state index >= 15 is 0 Å². The van der Waals surface area contributed by atoms with Crippen molar-refractivity contribution in [3.8, 4) is 0 Å². The topological polar surface area (TPSA) is 44.3 Å². The Labute approximate surface area is 108 Å². The van der Waals surface area contributed by atoms with Gasteiger partial charge in [-0.05, 0) is 13.3 Å². The predicted molar refractivity (Wildman–Crippen MR) is 67.0 cm³/mol. The number of imidazole rings is 1. The minimum atomic E-state index is -0.234. The molecule has 0 fully saturated rings. The predicted octanol–water partition coefficient (Wildman–Crippen LogP) is 0.979. The summed E-state index contributed by atoms with van der Waals surface area (Å²) in [5.41, 5.74) is 0. The molecule has 0 aromatic carbocycles. The van der Waals surface area contributed by atoms with Gasteiger partial charge in [-0.25, -0.2) is 13.9 Å². The van der Waals surface area contributed by atoms with Crippen LogP contribution in [0, 0.1) is 6.92 Å². The molecule has 1 atom stereocenters. The molecule has 0 saturated heterocycles. The van der Waals surface area contributed by atoms with E-state index in [1.807, 2.05) is 42.4 Å². The summed E-state index contributed by atoms with van der Waals surface area (Å²) in [6, 6.07) is 0. The Morgan fingerprint density at radius 1 is 1.50 bits per heavy atom. The van der Waals surface area contributed by atoms with E-state index in [2.05, 4.69) is 6.92 Å². The zero-order valence-electron chi connectivity index (χ0n) is 11.7. The Kier molecular flexibility index (Phi) is 5.85. The molecule has 102 valence electrons. The molecule has 1 rings (SSSR count). The molecule has 0 aliphatic carbocycles. The SMILES string of the molecule is CCC(C)OCCOC(=O)Cn1cc[n+](C)c1C. The summed E-state index contributed by atoms with van der Waals surface area (Å²) in [5.74, 6) is 0.782. The quantitative estimate of drug-likeness (QED) is 0.414. The van der Waals surface area contributed by atoms with Crippen LogP contribution >= 0.6 is 0 Å². The van der Waals surface area contributed by atoms with Crippen LogP contribution in [0.2, 0.25) is 0 Å². The van der Waals surface area contributed by atoms with E-state index in [4.69, 9.17) is 9.47 Å². The van der Waals surface area contributed by atoms with Crippen LogP contribution in [0.15, 0.2) is 12.4 Å². The first-order chi connectivity index (χ1) is 8.54. The van der Waals surface area contributed by atoms with Crippen LogP contribution in [0.3, 0.4) is 0 Å². The summed E-state index contributed by atoms with van der Waals surface area (Å²) in [6.07, 6.45) is 4.96. The summed E-state index contributed by atoms with van der Waals surface area (Å²) in [7, 11) is 1.94. The van der Waals surface area contributed by atoms with Gasteiger partial charge in [0.1, 0.15) is 19.0 Å². The average molecular weight is 255 g/mol. The summed E-state index contributed by atoms with van der Waals surface area (Å²) in [5, 5.41) is 0. The van der Waals surface area contributed by atoms with Crippen LogP contribution in [-0.2, 0) is 27.9 Å². The summed E-state index contributed by atoms with van der Waals surface area (Å²) in [4.78, 5) is 11.6. The second kappa shape index (κ2) is 7.16. The molecule has 5 heteroatoms. The Balaban J connectivity index is 2.24. The van der Waals surface area contributed by atoms with Crippen molar-refractivity contribution in [2.24, 2.45) is 7.05 Å². The van der Waals surface area contributed by atoms with Crippen LogP contribution in [0.5, 0.6) is 0 Å². The highest BCUT2D eigenvalue weighted by molar-refractivity contribution is 5.69. The molecule has 0 N–H and O–H groups in total. The van der Waals surface area contributed by atoms with Crippen LogP contribution in [-0.4, -0.2) is 29.9 Å². The molecular weight excluding hydrogens is 232 g/mol. The first kappa shape index (κ1) is 14.7. The van der Waals surface area contributed by atoms with Crippen molar-refractivity contribution >= 4 is 5.97 Å². The van der Waals surface area contributed by atoms with E-state index < -0.39 is 0 Å². The minimum absolute atomic E-state index is 0.217. The molecular formula is C13H23N2O3+. The molecule has 0 amide bonds. The van der Waals surface area contributed by atoms with E-state index in [0.29, 0.717) is 13.2 Å². The number of hydrogen-bond donors (Lipinski definition) is 0. The Morgan fingerprint density at radius 3 is 2.78 bits per heavy atom. The molecule has 0 aliphatic rings. The fourth-order valence-electron chi connectivity index (χ4n) is 1.47. The number of ether oxygens (including phenoxy) is 2. The maximum absolute atomic E-state index is 11.6. The zero-order valence-corrected chi connectivity index (χ0v) is 11.7. The van der Waals surface area contributed by atoms with Crippen LogP contribution in [0.25, 0.3) is 0 Å². The number of nitrogens with zero attached hydrogens (tertiary/aromatic N) is 2. The number of rotatable bonds is 7. The normalized spacial score (nSPS) is 12.4. The maximum Gasteiger partial charge on any atom is 0.348 e. The van der Waals surface area contributed by atoms with Crippen LogP contribution in [0.4, 0.5) is 0 Å². The van der Waals surface area contributed by atoms with Crippen molar-refractivity contribution in [1.29, 1.82) is 0 Å². The van der Waals surface area contributed by atoms with Gasteiger partial charge in [0.2, 0.25) is 0 Å². The van der Waals surface area contributed by atoms with Gasteiger partial charge in [-0.3, -0.25) is 0 Å². The van der Waals surface area contributed by atoms with Crippen molar-refractivity contribution < 1.29 is 18.8 Å². The zero-order chi connectivity index (χ0) is 13.5. The van der Waals surface area contributed by atoms with E-state index in [9.17, 15) is 4.79 Å². The van der Waals surface area contributed by atoms with E-state index in [-0.39, 0.29) is 18.6 Å². The van der Waals surface area contributed by atoms with Gasteiger partial charge in [0.25, 0.3) is 5.82 Å². The molecule has 1 heterocycles. The van der Waals surface area contributed by atoms with Gasteiger partial charge in [-0.1, -0.05) is 6.92 Å². The minimum Gasteiger partial charge on any atom is -0.460 e. The molecule has 1 unspecified atom stereocenters. The van der Waals surface area contributed by atoms with Crippen molar-refractivity contribution in [3.05, 3.63) is 18.2 Å². The van der Waals surface area contributed by atoms with Gasteiger partial charge in [0, 0.05) is 6.92 Å². The second-order valence-corrected chi connectivity index (χ2v) is 4.39. The summed E-state index contributed by atoms with van der Waals surface area (Å²) in [6.45, 7) is 7.04. The van der Waals surface area contributed by atoms with Gasteiger partial charge < -0.3 is 9.47 Å². The first-order valence-corrected chi connectivity index (χ1v) is 6.33. The highest BCUT2D eigenvalue weighted by atomic mass is 16.6. The Hall–Kier alpha value is -1.36. The third-order valence-corrected chi connectivity index (χ3v) is 3.02. The Morgan fingerprint density at radius 2 is 2.22 bits per heavy atom. The number of hydrogen-bond acceptors (Lipinski definition) is 3. The van der Waals surface area contributed by atoms with Gasteiger partial charge in [-0.2, -0.15) is 0 Å². The standard InChI is InChI=1S/C13H23N2O3/c1-5-11(2)17-8-9-18-13(16)10-15-7-6-14(4)12(15)3/h6-7,11H,5,8-10H2,1-4H3/q+1. The second-order valence-electron chi connectivity index (χ2n) is 4.39. The van der Waals surface area contributed by atoms with Crippen molar-refractivity contribution in [1.82, 2.24) is 4.57 Å². The number of aryl methyl sites for hydroxylation is 1. The molecule has 1 aromatic rings. The summed E-state index contributed by atoms with van der Waals surface area (Å²) >= 11 is 0. The number of aromatic nitrogens is 2. The van der Waals surface area contributed by atoms with Crippen molar-refractivity contribution in [2.75, 3.05) is 13.2 Å². The molecule has 18 heavy (non-hydrogen) atoms. The van der Waals surface area contributed by atoms with Crippen molar-refractivity contribution in [2.45, 2.75) is 39.8 Å². The Bertz CT molecular complexity index is 388. The average Bonchev–Trinajstić information content (AvgIpc) is 2.66. The number of carbonyl (C=O) groups excluding carboxylic acids is 1. The van der Waals surface area contributed by atoms with Crippen molar-refractivity contribution in [3.63, 3.8) is 0 Å². The van der Waals surface area contributed by atoms with Gasteiger partial charge in [0.05, 0.1) is 19.8 Å². The third-order valence-electron chi connectivity index (χ3n) is 3.02. The fourth-order valence-corrected chi connectivity index (χ4v) is 1.47. The number of esters is 1. The lowest BCUT2D eigenvalue weighted by molar-refractivity contribution is -0.677. The highest BCUT2D eigenvalue weighted by Gasteiger charge is 2.13. The molecule has 0 aliphatic heterocycles. The van der Waals surface area contributed by atoms with Gasteiger partial charge in [-0.15, -0.1) is 0 Å².